The molecule has 2 N–H and O–H groups in total. The largest absolute Gasteiger partial charge is 0.353 e. The number of hydrazone groups is 1. The SMILES string of the molecule is CNC(=O)/C(C#N)=N/Nc1ccc(Cl)cc1. The molecule has 0 unspecified atom stereocenters. The number of hydrogen-bond acceptors (Lipinski definition) is 4. The summed E-state index contributed by atoms with van der Waals surface area (Å²) < 4.78 is 0. The first-order valence-corrected chi connectivity index (χ1v) is 4.76. The standard InChI is InChI=1S/C10H9ClN4O/c1-13-10(16)9(6-12)15-14-8-4-2-7(11)3-5-8/h2-5,14H,1H3,(H,13,16)/b15-9+. The Labute approximate surface area is 97.7 Å². The van der Waals surface area contributed by atoms with Crippen molar-refractivity contribution in [2.24, 2.45) is 5.10 Å². The van der Waals surface area contributed by atoms with Crippen LogP contribution in [0.2, 0.25) is 5.02 Å². The van der Waals surface area contributed by atoms with Crippen molar-refractivity contribution >= 4 is 28.9 Å². The number of nitrogens with zero attached hydrogens (tertiary/aromatic N) is 2. The van der Waals surface area contributed by atoms with Crippen LogP contribution in [-0.2, 0) is 4.79 Å². The lowest BCUT2D eigenvalue weighted by molar-refractivity contribution is -0.114. The van der Waals surface area contributed by atoms with Gasteiger partial charge in [0, 0.05) is 12.1 Å². The molecule has 1 aromatic rings. The first kappa shape index (κ1) is 12.0. The highest BCUT2D eigenvalue weighted by Crippen LogP contribution is 2.13. The van der Waals surface area contributed by atoms with Crippen molar-refractivity contribution in [1.29, 1.82) is 5.26 Å². The van der Waals surface area contributed by atoms with E-state index in [-0.39, 0.29) is 5.71 Å². The van der Waals surface area contributed by atoms with Gasteiger partial charge < -0.3 is 5.32 Å². The van der Waals surface area contributed by atoms with Crippen LogP contribution in [0.1, 0.15) is 0 Å². The summed E-state index contributed by atoms with van der Waals surface area (Å²) in [6.45, 7) is 0. The highest BCUT2D eigenvalue weighted by atomic mass is 35.5. The molecule has 0 aliphatic rings. The number of rotatable bonds is 3. The number of nitriles is 1. The van der Waals surface area contributed by atoms with Crippen LogP contribution in [0, 0.1) is 11.3 Å². The van der Waals surface area contributed by atoms with Crippen LogP contribution in [0.4, 0.5) is 5.69 Å². The van der Waals surface area contributed by atoms with E-state index in [1.807, 2.05) is 0 Å². The third kappa shape index (κ3) is 3.26. The molecule has 0 saturated carbocycles. The molecule has 6 heteroatoms. The van der Waals surface area contributed by atoms with Crippen LogP contribution in [0.5, 0.6) is 0 Å². The molecule has 1 amide bonds. The van der Waals surface area contributed by atoms with E-state index in [0.29, 0.717) is 10.7 Å². The van der Waals surface area contributed by atoms with Crippen molar-refractivity contribution in [3.05, 3.63) is 29.3 Å². The summed E-state index contributed by atoms with van der Waals surface area (Å²) in [6.07, 6.45) is 0. The van der Waals surface area contributed by atoms with E-state index in [1.54, 1.807) is 30.3 Å². The highest BCUT2D eigenvalue weighted by molar-refractivity contribution is 6.45. The average Bonchev–Trinajstić information content (AvgIpc) is 2.31. The summed E-state index contributed by atoms with van der Waals surface area (Å²) in [6, 6.07) is 8.40. The van der Waals surface area contributed by atoms with Crippen LogP contribution in [0.15, 0.2) is 29.4 Å². The lowest BCUT2D eigenvalue weighted by Crippen LogP contribution is -2.27. The Morgan fingerprint density at radius 3 is 2.56 bits per heavy atom. The number of amides is 1. The number of benzene rings is 1. The van der Waals surface area contributed by atoms with Crippen molar-refractivity contribution in [3.8, 4) is 6.07 Å². The Balaban J connectivity index is 2.75. The van der Waals surface area contributed by atoms with Gasteiger partial charge in [0.1, 0.15) is 6.07 Å². The second-order valence-corrected chi connectivity index (χ2v) is 3.21. The predicted molar refractivity (Wildman–Crippen MR) is 62.2 cm³/mol. The highest BCUT2D eigenvalue weighted by Gasteiger charge is 2.07. The van der Waals surface area contributed by atoms with Gasteiger partial charge >= 0.3 is 0 Å². The molecule has 16 heavy (non-hydrogen) atoms. The van der Waals surface area contributed by atoms with Crippen LogP contribution >= 0.6 is 11.6 Å². The molecule has 0 fully saturated rings. The Morgan fingerprint density at radius 2 is 2.06 bits per heavy atom. The molecular weight excluding hydrogens is 228 g/mol. The smallest absolute Gasteiger partial charge is 0.282 e. The lowest BCUT2D eigenvalue weighted by Gasteiger charge is -2.00. The first-order chi connectivity index (χ1) is 7.67. The van der Waals surface area contributed by atoms with E-state index in [0.717, 1.165) is 0 Å². The van der Waals surface area contributed by atoms with Gasteiger partial charge in [-0.2, -0.15) is 10.4 Å². The first-order valence-electron chi connectivity index (χ1n) is 4.39. The second kappa shape index (κ2) is 5.73. The zero-order chi connectivity index (χ0) is 12.0. The van der Waals surface area contributed by atoms with Gasteiger partial charge in [0.2, 0.25) is 5.71 Å². The number of anilines is 1. The molecule has 0 heterocycles. The number of carbonyl (C=O) groups excluding carboxylic acids is 1. The number of halogens is 1. The summed E-state index contributed by atoms with van der Waals surface area (Å²) in [7, 11) is 1.43. The third-order valence-electron chi connectivity index (χ3n) is 1.69. The molecule has 0 bridgehead atoms. The zero-order valence-corrected chi connectivity index (χ0v) is 9.25. The van der Waals surface area contributed by atoms with E-state index in [4.69, 9.17) is 16.9 Å². The molecule has 0 aliphatic carbocycles. The maximum Gasteiger partial charge on any atom is 0.282 e. The number of nitrogens with one attached hydrogen (secondary N) is 2. The monoisotopic (exact) mass is 236 g/mol. The van der Waals surface area contributed by atoms with Gasteiger partial charge in [-0.3, -0.25) is 10.2 Å². The Bertz CT molecular complexity index is 447. The topological polar surface area (TPSA) is 77.3 Å². The van der Waals surface area contributed by atoms with E-state index in [2.05, 4.69) is 15.8 Å². The average molecular weight is 237 g/mol. The van der Waals surface area contributed by atoms with E-state index >= 15 is 0 Å². The summed E-state index contributed by atoms with van der Waals surface area (Å²) in [5.74, 6) is -0.538. The van der Waals surface area contributed by atoms with Crippen LogP contribution in [0.3, 0.4) is 0 Å². The van der Waals surface area contributed by atoms with Crippen molar-refractivity contribution in [2.45, 2.75) is 0 Å². The van der Waals surface area contributed by atoms with Gasteiger partial charge in [-0.25, -0.2) is 0 Å². The van der Waals surface area contributed by atoms with E-state index < -0.39 is 5.91 Å². The van der Waals surface area contributed by atoms with Gasteiger partial charge in [0.05, 0.1) is 5.69 Å². The van der Waals surface area contributed by atoms with E-state index in [1.165, 1.54) is 7.05 Å². The molecule has 1 rings (SSSR count). The second-order valence-electron chi connectivity index (χ2n) is 2.77. The van der Waals surface area contributed by atoms with Crippen molar-refractivity contribution in [3.63, 3.8) is 0 Å². The minimum absolute atomic E-state index is 0.238. The molecule has 82 valence electrons. The minimum Gasteiger partial charge on any atom is -0.353 e. The molecular formula is C10H9ClN4O. The Morgan fingerprint density at radius 1 is 1.44 bits per heavy atom. The lowest BCUT2D eigenvalue weighted by atomic mass is 10.3. The molecule has 0 saturated heterocycles. The Kier molecular flexibility index (Phi) is 4.30. The van der Waals surface area contributed by atoms with Gasteiger partial charge in [0.25, 0.3) is 5.91 Å². The van der Waals surface area contributed by atoms with Crippen LogP contribution in [-0.4, -0.2) is 18.7 Å². The van der Waals surface area contributed by atoms with Crippen molar-refractivity contribution < 1.29 is 4.79 Å². The summed E-state index contributed by atoms with van der Waals surface area (Å²) in [5.41, 5.74) is 2.99. The van der Waals surface area contributed by atoms with Gasteiger partial charge in [-0.05, 0) is 24.3 Å². The summed E-state index contributed by atoms with van der Waals surface area (Å²) in [5, 5.41) is 15.2. The molecule has 0 aliphatic heterocycles. The maximum atomic E-state index is 11.1. The summed E-state index contributed by atoms with van der Waals surface area (Å²) in [4.78, 5) is 11.1. The maximum absolute atomic E-state index is 11.1. The van der Waals surface area contributed by atoms with Gasteiger partial charge in [-0.1, -0.05) is 11.6 Å². The summed E-state index contributed by atoms with van der Waals surface area (Å²) >= 11 is 5.69. The molecule has 0 aromatic heterocycles. The predicted octanol–water partition coefficient (Wildman–Crippen LogP) is 1.38. The molecule has 5 nitrogen and oxygen atoms in total. The van der Waals surface area contributed by atoms with E-state index in [9.17, 15) is 4.79 Å². The van der Waals surface area contributed by atoms with Gasteiger partial charge in [0.15, 0.2) is 0 Å². The third-order valence-corrected chi connectivity index (χ3v) is 1.94. The number of hydrogen-bond donors (Lipinski definition) is 2. The fourth-order valence-corrected chi connectivity index (χ4v) is 1.02. The quantitative estimate of drug-likeness (QED) is 0.615. The molecule has 0 spiro atoms. The minimum atomic E-state index is -0.538. The fraction of sp³-hybridized carbons (Fsp3) is 0.100. The number of carbonyl (C=O) groups is 1. The molecule has 0 radical (unpaired) electrons. The fourth-order valence-electron chi connectivity index (χ4n) is 0.890. The van der Waals surface area contributed by atoms with Crippen molar-refractivity contribution in [1.82, 2.24) is 5.32 Å². The van der Waals surface area contributed by atoms with Crippen LogP contribution in [0.25, 0.3) is 0 Å². The van der Waals surface area contributed by atoms with Crippen LogP contribution < -0.4 is 10.7 Å². The normalized spacial score (nSPS) is 10.4. The molecule has 1 aromatic carbocycles. The van der Waals surface area contributed by atoms with Crippen molar-refractivity contribution in [2.75, 3.05) is 12.5 Å². The van der Waals surface area contributed by atoms with Gasteiger partial charge in [-0.15, -0.1) is 0 Å². The zero-order valence-electron chi connectivity index (χ0n) is 8.49. The molecule has 0 atom stereocenters. The Hall–Kier alpha value is -2.06.